The summed E-state index contributed by atoms with van der Waals surface area (Å²) in [4.78, 5) is 0.621. The summed E-state index contributed by atoms with van der Waals surface area (Å²) in [5.74, 6) is 0. The summed E-state index contributed by atoms with van der Waals surface area (Å²) in [5, 5.41) is 0. The number of hydrogen-bond acceptors (Lipinski definition) is 1. The highest BCUT2D eigenvalue weighted by atomic mass is 32.1. The summed E-state index contributed by atoms with van der Waals surface area (Å²) < 4.78 is 0. The van der Waals surface area contributed by atoms with E-state index in [1.54, 1.807) is 0 Å². The highest BCUT2D eigenvalue weighted by molar-refractivity contribution is 7.80. The average molecular weight is 221 g/mol. The Kier molecular flexibility index (Phi) is 4.28. The van der Waals surface area contributed by atoms with Gasteiger partial charge in [0.1, 0.15) is 0 Å². The Morgan fingerprint density at radius 3 is 2.40 bits per heavy atom. The summed E-state index contributed by atoms with van der Waals surface area (Å²) >= 11 is 5.04. The Labute approximate surface area is 97.7 Å². The first-order chi connectivity index (χ1) is 7.02. The van der Waals surface area contributed by atoms with Crippen molar-refractivity contribution >= 4 is 17.2 Å². The summed E-state index contributed by atoms with van der Waals surface area (Å²) in [7, 11) is 0. The molecule has 2 heteroatoms. The van der Waals surface area contributed by atoms with Gasteiger partial charge in [0, 0.05) is 5.41 Å². The van der Waals surface area contributed by atoms with Crippen LogP contribution in [0.3, 0.4) is 0 Å². The first kappa shape index (κ1) is 12.2. The topological polar surface area (TPSA) is 26.0 Å². The molecule has 0 amide bonds. The summed E-state index contributed by atoms with van der Waals surface area (Å²) in [5.41, 5.74) is 7.06. The van der Waals surface area contributed by atoms with Crippen LogP contribution in [-0.4, -0.2) is 4.99 Å². The van der Waals surface area contributed by atoms with Crippen molar-refractivity contribution in [3.05, 3.63) is 35.9 Å². The zero-order chi connectivity index (χ0) is 11.3. The monoisotopic (exact) mass is 221 g/mol. The number of hydrogen-bond donors (Lipinski definition) is 1. The van der Waals surface area contributed by atoms with Crippen LogP contribution in [0.2, 0.25) is 0 Å². The molecule has 0 heterocycles. The van der Waals surface area contributed by atoms with Crippen LogP contribution < -0.4 is 5.73 Å². The number of rotatable bonds is 5. The highest BCUT2D eigenvalue weighted by Crippen LogP contribution is 2.23. The predicted octanol–water partition coefficient (Wildman–Crippen LogP) is 3.32. The lowest BCUT2D eigenvalue weighted by molar-refractivity contribution is 0.459. The van der Waals surface area contributed by atoms with E-state index in [1.165, 1.54) is 5.56 Å². The van der Waals surface area contributed by atoms with Gasteiger partial charge in [-0.3, -0.25) is 0 Å². The van der Waals surface area contributed by atoms with Crippen LogP contribution >= 0.6 is 12.2 Å². The fourth-order valence-corrected chi connectivity index (χ4v) is 1.60. The van der Waals surface area contributed by atoms with Crippen molar-refractivity contribution in [3.63, 3.8) is 0 Å². The molecule has 0 unspecified atom stereocenters. The fraction of sp³-hybridized carbons (Fsp3) is 0.462. The van der Waals surface area contributed by atoms with Crippen molar-refractivity contribution in [1.82, 2.24) is 0 Å². The molecule has 0 radical (unpaired) electrons. The minimum absolute atomic E-state index is 0.00981. The first-order valence-electron chi connectivity index (χ1n) is 5.36. The standard InChI is InChI=1S/C13H19NS/c1-13(2,12(14)15)10-6-9-11-7-4-3-5-8-11/h3-5,7-8H,6,9-10H2,1-2H3,(H2,14,15). The molecular formula is C13H19NS. The van der Waals surface area contributed by atoms with Crippen molar-refractivity contribution in [2.75, 3.05) is 0 Å². The normalized spacial score (nSPS) is 11.3. The molecule has 1 aromatic carbocycles. The van der Waals surface area contributed by atoms with Gasteiger partial charge < -0.3 is 5.73 Å². The van der Waals surface area contributed by atoms with Crippen LogP contribution in [-0.2, 0) is 6.42 Å². The van der Waals surface area contributed by atoms with Gasteiger partial charge in [-0.1, -0.05) is 56.4 Å². The summed E-state index contributed by atoms with van der Waals surface area (Å²) in [6.07, 6.45) is 3.29. The molecule has 0 saturated heterocycles. The van der Waals surface area contributed by atoms with Crippen molar-refractivity contribution in [3.8, 4) is 0 Å². The van der Waals surface area contributed by atoms with Gasteiger partial charge in [-0.05, 0) is 24.8 Å². The van der Waals surface area contributed by atoms with E-state index in [1.807, 2.05) is 6.07 Å². The molecule has 0 bridgehead atoms. The molecule has 0 saturated carbocycles. The summed E-state index contributed by atoms with van der Waals surface area (Å²) in [6.45, 7) is 4.22. The Morgan fingerprint density at radius 1 is 1.27 bits per heavy atom. The molecule has 1 rings (SSSR count). The van der Waals surface area contributed by atoms with Crippen molar-refractivity contribution < 1.29 is 0 Å². The van der Waals surface area contributed by atoms with Gasteiger partial charge in [-0.15, -0.1) is 0 Å². The van der Waals surface area contributed by atoms with E-state index < -0.39 is 0 Å². The average Bonchev–Trinajstić information content (AvgIpc) is 2.19. The number of benzene rings is 1. The molecule has 1 nitrogen and oxygen atoms in total. The Morgan fingerprint density at radius 2 is 1.87 bits per heavy atom. The lowest BCUT2D eigenvalue weighted by atomic mass is 9.86. The summed E-state index contributed by atoms with van der Waals surface area (Å²) in [6, 6.07) is 10.5. The first-order valence-corrected chi connectivity index (χ1v) is 5.77. The second-order valence-corrected chi connectivity index (χ2v) is 5.03. The smallest absolute Gasteiger partial charge is 0.0784 e. The minimum Gasteiger partial charge on any atom is -0.393 e. The van der Waals surface area contributed by atoms with Crippen molar-refractivity contribution in [1.29, 1.82) is 0 Å². The zero-order valence-corrected chi connectivity index (χ0v) is 10.3. The molecule has 1 aromatic rings. The molecule has 0 aliphatic carbocycles. The quantitative estimate of drug-likeness (QED) is 0.772. The van der Waals surface area contributed by atoms with Crippen LogP contribution in [0.4, 0.5) is 0 Å². The third kappa shape index (κ3) is 4.00. The van der Waals surface area contributed by atoms with Crippen LogP contribution in [0.25, 0.3) is 0 Å². The second-order valence-electron chi connectivity index (χ2n) is 4.59. The fourth-order valence-electron chi connectivity index (χ4n) is 1.50. The van der Waals surface area contributed by atoms with Crippen LogP contribution in [0, 0.1) is 5.41 Å². The highest BCUT2D eigenvalue weighted by Gasteiger charge is 2.20. The van der Waals surface area contributed by atoms with Crippen molar-refractivity contribution in [2.45, 2.75) is 33.1 Å². The van der Waals surface area contributed by atoms with E-state index in [0.29, 0.717) is 4.99 Å². The van der Waals surface area contributed by atoms with E-state index in [-0.39, 0.29) is 5.41 Å². The van der Waals surface area contributed by atoms with E-state index in [2.05, 4.69) is 38.1 Å². The lowest BCUT2D eigenvalue weighted by Gasteiger charge is -2.22. The number of nitrogens with two attached hydrogens (primary N) is 1. The second kappa shape index (κ2) is 5.26. The molecule has 0 aromatic heterocycles. The van der Waals surface area contributed by atoms with E-state index in [4.69, 9.17) is 18.0 Å². The van der Waals surface area contributed by atoms with Crippen molar-refractivity contribution in [2.24, 2.45) is 11.1 Å². The molecule has 0 atom stereocenters. The van der Waals surface area contributed by atoms with E-state index in [0.717, 1.165) is 19.3 Å². The van der Waals surface area contributed by atoms with Gasteiger partial charge in [0.2, 0.25) is 0 Å². The molecule has 0 fully saturated rings. The minimum atomic E-state index is -0.00981. The maximum Gasteiger partial charge on any atom is 0.0784 e. The zero-order valence-electron chi connectivity index (χ0n) is 9.49. The Balaban J connectivity index is 2.37. The largest absolute Gasteiger partial charge is 0.393 e. The van der Waals surface area contributed by atoms with E-state index >= 15 is 0 Å². The van der Waals surface area contributed by atoms with Crippen LogP contribution in [0.5, 0.6) is 0 Å². The van der Waals surface area contributed by atoms with Gasteiger partial charge in [0.15, 0.2) is 0 Å². The van der Waals surface area contributed by atoms with Crippen LogP contribution in [0.1, 0.15) is 32.3 Å². The SMILES string of the molecule is CC(C)(CCCc1ccccc1)C(N)=S. The Bertz CT molecular complexity index is 317. The Hall–Kier alpha value is -0.890. The molecule has 82 valence electrons. The van der Waals surface area contributed by atoms with Gasteiger partial charge in [-0.2, -0.15) is 0 Å². The third-order valence-electron chi connectivity index (χ3n) is 2.78. The maximum atomic E-state index is 5.68. The van der Waals surface area contributed by atoms with Crippen LogP contribution in [0.15, 0.2) is 30.3 Å². The predicted molar refractivity (Wildman–Crippen MR) is 69.9 cm³/mol. The number of aryl methyl sites for hydroxylation is 1. The maximum absolute atomic E-state index is 5.68. The molecule has 0 aliphatic heterocycles. The molecule has 15 heavy (non-hydrogen) atoms. The van der Waals surface area contributed by atoms with E-state index in [9.17, 15) is 0 Å². The van der Waals surface area contributed by atoms with Gasteiger partial charge in [0.05, 0.1) is 4.99 Å². The number of thiocarbonyl (C=S) groups is 1. The van der Waals surface area contributed by atoms with Gasteiger partial charge in [-0.25, -0.2) is 0 Å². The molecule has 0 aliphatic rings. The molecule has 2 N–H and O–H groups in total. The van der Waals surface area contributed by atoms with Gasteiger partial charge >= 0.3 is 0 Å². The molecule has 0 spiro atoms. The van der Waals surface area contributed by atoms with Gasteiger partial charge in [0.25, 0.3) is 0 Å². The third-order valence-corrected chi connectivity index (χ3v) is 3.33. The lowest BCUT2D eigenvalue weighted by Crippen LogP contribution is -2.29. The molecular weight excluding hydrogens is 202 g/mol.